The Kier molecular flexibility index (Phi) is 4.60. The molecular weight excluding hydrogens is 294 g/mol. The summed E-state index contributed by atoms with van der Waals surface area (Å²) in [4.78, 5) is 15.8. The van der Waals surface area contributed by atoms with Gasteiger partial charge in [-0.2, -0.15) is 0 Å². The van der Waals surface area contributed by atoms with E-state index in [1.54, 1.807) is 18.4 Å². The molecule has 4 heteroatoms. The number of methoxy groups -OCH3 is 1. The van der Waals surface area contributed by atoms with E-state index in [-0.39, 0.29) is 12.0 Å². The normalized spacial score (nSPS) is 18.5. The fourth-order valence-electron chi connectivity index (χ4n) is 2.93. The van der Waals surface area contributed by atoms with Gasteiger partial charge >= 0.3 is 0 Å². The van der Waals surface area contributed by atoms with Crippen LogP contribution in [0.3, 0.4) is 0 Å². The molecule has 1 atom stereocenters. The number of carbonyl (C=O) groups is 1. The van der Waals surface area contributed by atoms with Gasteiger partial charge in [0, 0.05) is 30.6 Å². The van der Waals surface area contributed by atoms with Gasteiger partial charge in [0.1, 0.15) is 0 Å². The van der Waals surface area contributed by atoms with Crippen LogP contribution in [0, 0.1) is 6.92 Å². The first kappa shape index (κ1) is 15.3. The standard InChI is InChI=1S/C18H21NO2S/c1-13-9-11-22-17(13)14-5-7-15(8-6-14)18(20)19-10-3-4-16(12-19)21-2/h5-9,11,16H,3-4,10,12H2,1-2H3/t16-/m1/s1. The lowest BCUT2D eigenvalue weighted by atomic mass is 10.0. The molecule has 1 aliphatic heterocycles. The maximum atomic E-state index is 12.6. The number of piperidine rings is 1. The van der Waals surface area contributed by atoms with Gasteiger partial charge in [0.25, 0.3) is 5.91 Å². The van der Waals surface area contributed by atoms with E-state index >= 15 is 0 Å². The summed E-state index contributed by atoms with van der Waals surface area (Å²) >= 11 is 1.74. The topological polar surface area (TPSA) is 29.5 Å². The van der Waals surface area contributed by atoms with Crippen molar-refractivity contribution in [3.63, 3.8) is 0 Å². The third-order valence-electron chi connectivity index (χ3n) is 4.25. The molecule has 1 aromatic heterocycles. The molecule has 1 fully saturated rings. The van der Waals surface area contributed by atoms with Crippen LogP contribution in [0.2, 0.25) is 0 Å². The van der Waals surface area contributed by atoms with Crippen molar-refractivity contribution < 1.29 is 9.53 Å². The van der Waals surface area contributed by atoms with Crippen LogP contribution >= 0.6 is 11.3 Å². The van der Waals surface area contributed by atoms with Crippen LogP contribution < -0.4 is 0 Å². The summed E-state index contributed by atoms with van der Waals surface area (Å²) in [7, 11) is 1.72. The zero-order valence-corrected chi connectivity index (χ0v) is 13.9. The molecule has 0 aliphatic carbocycles. The summed E-state index contributed by atoms with van der Waals surface area (Å²) in [6.07, 6.45) is 2.22. The van der Waals surface area contributed by atoms with E-state index < -0.39 is 0 Å². The van der Waals surface area contributed by atoms with Crippen molar-refractivity contribution in [1.29, 1.82) is 0 Å². The lowest BCUT2D eigenvalue weighted by Gasteiger charge is -2.32. The Morgan fingerprint density at radius 2 is 2.05 bits per heavy atom. The van der Waals surface area contributed by atoms with Crippen molar-refractivity contribution in [3.05, 3.63) is 46.8 Å². The molecule has 116 valence electrons. The molecule has 22 heavy (non-hydrogen) atoms. The lowest BCUT2D eigenvalue weighted by Crippen LogP contribution is -2.42. The van der Waals surface area contributed by atoms with Crippen molar-refractivity contribution in [2.45, 2.75) is 25.9 Å². The van der Waals surface area contributed by atoms with Gasteiger partial charge < -0.3 is 9.64 Å². The smallest absolute Gasteiger partial charge is 0.253 e. The molecule has 0 bridgehead atoms. The van der Waals surface area contributed by atoms with Crippen LogP contribution in [-0.2, 0) is 4.74 Å². The molecule has 0 spiro atoms. The molecule has 0 saturated carbocycles. The van der Waals surface area contributed by atoms with Crippen LogP contribution in [0.15, 0.2) is 35.7 Å². The number of likely N-dealkylation sites (tertiary alicyclic amines) is 1. The lowest BCUT2D eigenvalue weighted by molar-refractivity contribution is 0.0269. The highest BCUT2D eigenvalue weighted by Gasteiger charge is 2.24. The minimum absolute atomic E-state index is 0.108. The first-order chi connectivity index (χ1) is 10.7. The molecule has 1 saturated heterocycles. The van der Waals surface area contributed by atoms with E-state index in [0.717, 1.165) is 24.9 Å². The molecule has 2 aromatic rings. The highest BCUT2D eigenvalue weighted by atomic mass is 32.1. The van der Waals surface area contributed by atoms with Gasteiger partial charge in [0.05, 0.1) is 6.10 Å². The summed E-state index contributed by atoms with van der Waals surface area (Å²) in [5.74, 6) is 0.108. The second-order valence-corrected chi connectivity index (χ2v) is 6.68. The van der Waals surface area contributed by atoms with E-state index in [2.05, 4.69) is 18.4 Å². The number of amides is 1. The van der Waals surface area contributed by atoms with Gasteiger partial charge in [-0.3, -0.25) is 4.79 Å². The van der Waals surface area contributed by atoms with Crippen molar-refractivity contribution in [1.82, 2.24) is 4.90 Å². The molecule has 3 nitrogen and oxygen atoms in total. The Morgan fingerprint density at radius 3 is 2.68 bits per heavy atom. The first-order valence-electron chi connectivity index (χ1n) is 7.65. The van der Waals surface area contributed by atoms with E-state index in [1.807, 2.05) is 29.2 Å². The van der Waals surface area contributed by atoms with Gasteiger partial charge in [0.15, 0.2) is 0 Å². The molecular formula is C18H21NO2S. The van der Waals surface area contributed by atoms with E-state index in [4.69, 9.17) is 4.74 Å². The SMILES string of the molecule is CO[C@@H]1CCCN(C(=O)c2ccc(-c3sccc3C)cc2)C1. The first-order valence-corrected chi connectivity index (χ1v) is 8.53. The summed E-state index contributed by atoms with van der Waals surface area (Å²) in [5, 5.41) is 2.10. The van der Waals surface area contributed by atoms with Gasteiger partial charge in [0.2, 0.25) is 0 Å². The number of rotatable bonds is 3. The average molecular weight is 315 g/mol. The minimum atomic E-state index is 0.108. The number of aryl methyl sites for hydroxylation is 1. The Bertz CT molecular complexity index is 647. The second-order valence-electron chi connectivity index (χ2n) is 5.76. The van der Waals surface area contributed by atoms with E-state index in [9.17, 15) is 4.79 Å². The van der Waals surface area contributed by atoms with Crippen molar-refractivity contribution in [2.75, 3.05) is 20.2 Å². The highest BCUT2D eigenvalue weighted by molar-refractivity contribution is 7.13. The Balaban J connectivity index is 1.75. The van der Waals surface area contributed by atoms with E-state index in [1.165, 1.54) is 16.0 Å². The largest absolute Gasteiger partial charge is 0.380 e. The number of ether oxygens (including phenoxy) is 1. The minimum Gasteiger partial charge on any atom is -0.380 e. The predicted octanol–water partition coefficient (Wildman–Crippen LogP) is 3.97. The molecule has 2 heterocycles. The molecule has 0 unspecified atom stereocenters. The Labute approximate surface area is 135 Å². The molecule has 3 rings (SSSR count). The van der Waals surface area contributed by atoms with Crippen molar-refractivity contribution >= 4 is 17.2 Å². The second kappa shape index (κ2) is 6.63. The molecule has 1 amide bonds. The van der Waals surface area contributed by atoms with Crippen LogP contribution in [-0.4, -0.2) is 37.1 Å². The molecule has 0 radical (unpaired) electrons. The predicted molar refractivity (Wildman–Crippen MR) is 90.4 cm³/mol. The summed E-state index contributed by atoms with van der Waals surface area (Å²) in [6.45, 7) is 3.63. The van der Waals surface area contributed by atoms with E-state index in [0.29, 0.717) is 6.54 Å². The fourth-order valence-corrected chi connectivity index (χ4v) is 3.86. The monoisotopic (exact) mass is 315 g/mol. The maximum absolute atomic E-state index is 12.6. The van der Waals surface area contributed by atoms with Crippen LogP contribution in [0.5, 0.6) is 0 Å². The number of benzene rings is 1. The molecule has 0 N–H and O–H groups in total. The van der Waals surface area contributed by atoms with Crippen LogP contribution in [0.25, 0.3) is 10.4 Å². The van der Waals surface area contributed by atoms with Crippen molar-refractivity contribution in [3.8, 4) is 10.4 Å². The Hall–Kier alpha value is -1.65. The number of hydrogen-bond donors (Lipinski definition) is 0. The van der Waals surface area contributed by atoms with Gasteiger partial charge in [-0.15, -0.1) is 11.3 Å². The van der Waals surface area contributed by atoms with Gasteiger partial charge in [-0.1, -0.05) is 12.1 Å². The van der Waals surface area contributed by atoms with Crippen LogP contribution in [0.1, 0.15) is 28.8 Å². The zero-order chi connectivity index (χ0) is 15.5. The average Bonchev–Trinajstić information content (AvgIpc) is 3.00. The number of thiophene rings is 1. The quantitative estimate of drug-likeness (QED) is 0.857. The number of nitrogens with zero attached hydrogens (tertiary/aromatic N) is 1. The van der Waals surface area contributed by atoms with Crippen molar-refractivity contribution in [2.24, 2.45) is 0 Å². The third-order valence-corrected chi connectivity index (χ3v) is 5.32. The molecule has 1 aromatic carbocycles. The number of carbonyl (C=O) groups excluding carboxylic acids is 1. The summed E-state index contributed by atoms with van der Waals surface area (Å²) < 4.78 is 5.40. The summed E-state index contributed by atoms with van der Waals surface area (Å²) in [5.41, 5.74) is 3.22. The highest BCUT2D eigenvalue weighted by Crippen LogP contribution is 2.29. The van der Waals surface area contributed by atoms with Gasteiger partial charge in [-0.05, 0) is 54.5 Å². The maximum Gasteiger partial charge on any atom is 0.253 e. The fraction of sp³-hybridized carbons (Fsp3) is 0.389. The summed E-state index contributed by atoms with van der Waals surface area (Å²) in [6, 6.07) is 10.1. The molecule has 1 aliphatic rings. The zero-order valence-electron chi connectivity index (χ0n) is 13.0. The van der Waals surface area contributed by atoms with Crippen LogP contribution in [0.4, 0.5) is 0 Å². The number of hydrogen-bond acceptors (Lipinski definition) is 3. The third kappa shape index (κ3) is 3.08. The Morgan fingerprint density at radius 1 is 1.27 bits per heavy atom. The van der Waals surface area contributed by atoms with Gasteiger partial charge in [-0.25, -0.2) is 0 Å².